The van der Waals surface area contributed by atoms with Gasteiger partial charge in [-0.3, -0.25) is 9.48 Å². The molecule has 0 saturated carbocycles. The van der Waals surface area contributed by atoms with Gasteiger partial charge in [0.25, 0.3) is 0 Å². The molecule has 0 saturated heterocycles. The summed E-state index contributed by atoms with van der Waals surface area (Å²) in [6.07, 6.45) is 2.17. The smallest absolute Gasteiger partial charge is 0.310 e. The van der Waals surface area contributed by atoms with Crippen molar-refractivity contribution in [2.45, 2.75) is 20.0 Å². The number of halogens is 1. The number of hydrogen-bond donors (Lipinski definition) is 0. The van der Waals surface area contributed by atoms with Gasteiger partial charge in [-0.05, 0) is 30.7 Å². The maximum Gasteiger partial charge on any atom is 0.310 e. The van der Waals surface area contributed by atoms with Crippen molar-refractivity contribution < 1.29 is 14.3 Å². The van der Waals surface area contributed by atoms with Gasteiger partial charge in [0.1, 0.15) is 12.4 Å². The van der Waals surface area contributed by atoms with E-state index in [4.69, 9.17) is 9.47 Å². The molecule has 0 atom stereocenters. The Morgan fingerprint density at radius 3 is 2.88 bits per heavy atom. The molecule has 0 unspecified atom stereocenters. The average molecular weight is 403 g/mol. The number of ether oxygens (including phenoxy) is 2. The zero-order valence-corrected chi connectivity index (χ0v) is 15.7. The summed E-state index contributed by atoms with van der Waals surface area (Å²) < 4.78 is 13.7. The number of esters is 1. The summed E-state index contributed by atoms with van der Waals surface area (Å²) in [5, 5.41) is 5.50. The SMILES string of the molecule is CCOC(=O)Cc1ccccc1OCc1cc(Br)c2cn(C)nc2c1. The van der Waals surface area contributed by atoms with Crippen LogP contribution < -0.4 is 4.74 Å². The lowest BCUT2D eigenvalue weighted by atomic mass is 10.1. The van der Waals surface area contributed by atoms with Gasteiger partial charge in [0.05, 0.1) is 18.5 Å². The minimum Gasteiger partial charge on any atom is -0.489 e. The number of nitrogens with zero attached hydrogens (tertiary/aromatic N) is 2. The van der Waals surface area contributed by atoms with E-state index in [-0.39, 0.29) is 12.4 Å². The number of benzene rings is 2. The molecule has 0 bridgehead atoms. The highest BCUT2D eigenvalue weighted by Gasteiger charge is 2.11. The molecule has 0 aliphatic rings. The fraction of sp³-hybridized carbons (Fsp3) is 0.263. The first-order valence-electron chi connectivity index (χ1n) is 8.05. The Balaban J connectivity index is 1.76. The Morgan fingerprint density at radius 2 is 2.08 bits per heavy atom. The van der Waals surface area contributed by atoms with Crippen molar-refractivity contribution in [1.29, 1.82) is 0 Å². The van der Waals surface area contributed by atoms with Crippen LogP contribution in [0, 0.1) is 0 Å². The summed E-state index contributed by atoms with van der Waals surface area (Å²) in [5.41, 5.74) is 2.73. The minimum atomic E-state index is -0.254. The first-order valence-corrected chi connectivity index (χ1v) is 8.84. The van der Waals surface area contributed by atoms with Crippen LogP contribution in [-0.2, 0) is 29.6 Å². The summed E-state index contributed by atoms with van der Waals surface area (Å²) in [7, 11) is 1.90. The van der Waals surface area contributed by atoms with Gasteiger partial charge in [-0.25, -0.2) is 0 Å². The molecular formula is C19H19BrN2O3. The number of para-hydroxylation sites is 1. The van der Waals surface area contributed by atoms with Gasteiger partial charge >= 0.3 is 5.97 Å². The average Bonchev–Trinajstić information content (AvgIpc) is 2.95. The second-order valence-corrected chi connectivity index (χ2v) is 6.55. The topological polar surface area (TPSA) is 53.4 Å². The predicted molar refractivity (Wildman–Crippen MR) is 99.5 cm³/mol. The lowest BCUT2D eigenvalue weighted by Gasteiger charge is -2.11. The summed E-state index contributed by atoms with van der Waals surface area (Å²) in [5.74, 6) is 0.434. The molecule has 0 spiro atoms. The van der Waals surface area contributed by atoms with Crippen molar-refractivity contribution in [3.8, 4) is 5.75 Å². The fourth-order valence-corrected chi connectivity index (χ4v) is 3.26. The molecule has 3 aromatic rings. The zero-order valence-electron chi connectivity index (χ0n) is 14.2. The molecule has 25 heavy (non-hydrogen) atoms. The number of rotatable bonds is 6. The number of carbonyl (C=O) groups excluding carboxylic acids is 1. The van der Waals surface area contributed by atoms with Crippen LogP contribution in [0.25, 0.3) is 10.9 Å². The van der Waals surface area contributed by atoms with E-state index in [9.17, 15) is 4.79 Å². The molecule has 2 aromatic carbocycles. The Hall–Kier alpha value is -2.34. The monoisotopic (exact) mass is 402 g/mol. The van der Waals surface area contributed by atoms with Crippen molar-refractivity contribution in [3.63, 3.8) is 0 Å². The minimum absolute atomic E-state index is 0.201. The molecule has 0 aliphatic heterocycles. The van der Waals surface area contributed by atoms with Crippen LogP contribution in [0.2, 0.25) is 0 Å². The van der Waals surface area contributed by atoms with Crippen molar-refractivity contribution in [2.24, 2.45) is 7.05 Å². The molecule has 1 aromatic heterocycles. The number of aromatic nitrogens is 2. The van der Waals surface area contributed by atoms with E-state index in [1.54, 1.807) is 11.6 Å². The zero-order chi connectivity index (χ0) is 17.8. The van der Waals surface area contributed by atoms with E-state index in [0.717, 1.165) is 26.5 Å². The molecule has 6 heteroatoms. The van der Waals surface area contributed by atoms with E-state index in [1.165, 1.54) is 0 Å². The van der Waals surface area contributed by atoms with E-state index in [2.05, 4.69) is 21.0 Å². The third kappa shape index (κ3) is 4.20. The second kappa shape index (κ2) is 7.70. The largest absolute Gasteiger partial charge is 0.489 e. The molecule has 0 radical (unpaired) electrons. The first-order chi connectivity index (χ1) is 12.1. The highest BCUT2D eigenvalue weighted by Crippen LogP contribution is 2.26. The van der Waals surface area contributed by atoms with Crippen LogP contribution in [-0.4, -0.2) is 22.4 Å². The summed E-state index contributed by atoms with van der Waals surface area (Å²) in [6, 6.07) is 11.6. The van der Waals surface area contributed by atoms with E-state index in [1.807, 2.05) is 49.6 Å². The van der Waals surface area contributed by atoms with Gasteiger partial charge in [0, 0.05) is 28.7 Å². The molecule has 130 valence electrons. The third-order valence-corrected chi connectivity index (χ3v) is 4.41. The van der Waals surface area contributed by atoms with Gasteiger partial charge in [-0.1, -0.05) is 34.1 Å². The third-order valence-electron chi connectivity index (χ3n) is 3.76. The summed E-state index contributed by atoms with van der Waals surface area (Å²) in [4.78, 5) is 11.7. The van der Waals surface area contributed by atoms with Crippen molar-refractivity contribution in [1.82, 2.24) is 9.78 Å². The number of hydrogen-bond acceptors (Lipinski definition) is 4. The molecule has 0 aliphatic carbocycles. The van der Waals surface area contributed by atoms with Crippen molar-refractivity contribution >= 4 is 32.8 Å². The van der Waals surface area contributed by atoms with Crippen LogP contribution in [0.5, 0.6) is 5.75 Å². The Bertz CT molecular complexity index is 905. The molecule has 0 N–H and O–H groups in total. The highest BCUT2D eigenvalue weighted by molar-refractivity contribution is 9.10. The molecule has 3 rings (SSSR count). The normalized spacial score (nSPS) is 10.8. The molecule has 0 fully saturated rings. The Labute approximate surface area is 154 Å². The number of aryl methyl sites for hydroxylation is 1. The van der Waals surface area contributed by atoms with E-state index in [0.29, 0.717) is 19.0 Å². The summed E-state index contributed by atoms with van der Waals surface area (Å²) >= 11 is 3.58. The van der Waals surface area contributed by atoms with Crippen LogP contribution in [0.1, 0.15) is 18.1 Å². The van der Waals surface area contributed by atoms with Crippen LogP contribution in [0.3, 0.4) is 0 Å². The van der Waals surface area contributed by atoms with Crippen LogP contribution in [0.15, 0.2) is 47.1 Å². The lowest BCUT2D eigenvalue weighted by Crippen LogP contribution is -2.09. The van der Waals surface area contributed by atoms with Gasteiger partial charge in [-0.15, -0.1) is 0 Å². The maximum atomic E-state index is 11.7. The summed E-state index contributed by atoms with van der Waals surface area (Å²) in [6.45, 7) is 2.57. The highest BCUT2D eigenvalue weighted by atomic mass is 79.9. The van der Waals surface area contributed by atoms with Gasteiger partial charge in [0.15, 0.2) is 0 Å². The quantitative estimate of drug-likeness (QED) is 0.584. The van der Waals surface area contributed by atoms with Crippen molar-refractivity contribution in [2.75, 3.05) is 6.61 Å². The lowest BCUT2D eigenvalue weighted by molar-refractivity contribution is -0.142. The van der Waals surface area contributed by atoms with Gasteiger partial charge in [0.2, 0.25) is 0 Å². The standard InChI is InChI=1S/C19H19BrN2O3/c1-3-24-19(23)10-14-6-4-5-7-18(14)25-12-13-8-16(20)15-11-22(2)21-17(15)9-13/h4-9,11H,3,10,12H2,1-2H3. The Kier molecular flexibility index (Phi) is 5.38. The first kappa shape index (κ1) is 17.5. The molecule has 0 amide bonds. The Morgan fingerprint density at radius 1 is 1.28 bits per heavy atom. The maximum absolute atomic E-state index is 11.7. The van der Waals surface area contributed by atoms with Crippen molar-refractivity contribution in [3.05, 3.63) is 58.2 Å². The van der Waals surface area contributed by atoms with Gasteiger partial charge in [-0.2, -0.15) is 5.10 Å². The van der Waals surface area contributed by atoms with Crippen LogP contribution >= 0.6 is 15.9 Å². The van der Waals surface area contributed by atoms with Gasteiger partial charge < -0.3 is 9.47 Å². The van der Waals surface area contributed by atoms with Crippen LogP contribution in [0.4, 0.5) is 0 Å². The molecular weight excluding hydrogens is 384 g/mol. The predicted octanol–water partition coefficient (Wildman–Crippen LogP) is 4.02. The van der Waals surface area contributed by atoms with E-state index < -0.39 is 0 Å². The molecule has 1 heterocycles. The number of fused-ring (bicyclic) bond motifs is 1. The van der Waals surface area contributed by atoms with E-state index >= 15 is 0 Å². The second-order valence-electron chi connectivity index (χ2n) is 5.69. The molecule has 5 nitrogen and oxygen atoms in total. The number of carbonyl (C=O) groups is 1. The fourth-order valence-electron chi connectivity index (χ4n) is 2.66.